The van der Waals surface area contributed by atoms with Gasteiger partial charge in [-0.1, -0.05) is 12.1 Å². The quantitative estimate of drug-likeness (QED) is 0.652. The van der Waals surface area contributed by atoms with Crippen LogP contribution in [0.25, 0.3) is 5.57 Å². The van der Waals surface area contributed by atoms with E-state index >= 15 is 0 Å². The van der Waals surface area contributed by atoms with Crippen LogP contribution < -0.4 is 0 Å². The van der Waals surface area contributed by atoms with E-state index in [1.54, 1.807) is 20.3 Å². The van der Waals surface area contributed by atoms with Gasteiger partial charge in [0.25, 0.3) is 0 Å². The van der Waals surface area contributed by atoms with Gasteiger partial charge in [0, 0.05) is 34.0 Å². The number of aliphatic hydroxyl groups is 2. The molecule has 0 aromatic heterocycles. The van der Waals surface area contributed by atoms with Gasteiger partial charge in [-0.25, -0.2) is 0 Å². The van der Waals surface area contributed by atoms with Crippen LogP contribution in [0.5, 0.6) is 0 Å². The van der Waals surface area contributed by atoms with Crippen molar-refractivity contribution < 1.29 is 29.2 Å². The van der Waals surface area contributed by atoms with Crippen LogP contribution in [0.3, 0.4) is 0 Å². The zero-order valence-corrected chi connectivity index (χ0v) is 15.8. The van der Waals surface area contributed by atoms with Gasteiger partial charge in [0.15, 0.2) is 5.79 Å². The van der Waals surface area contributed by atoms with E-state index < -0.39 is 11.7 Å². The lowest BCUT2D eigenvalue weighted by atomic mass is 9.82. The maximum atomic E-state index is 10.5. The highest BCUT2D eigenvalue weighted by atomic mass is 16.5. The number of benzene rings is 1. The summed E-state index contributed by atoms with van der Waals surface area (Å²) < 4.78 is 20.9. The fourth-order valence-electron chi connectivity index (χ4n) is 3.17. The highest BCUT2D eigenvalue weighted by Crippen LogP contribution is 2.36. The van der Waals surface area contributed by atoms with Gasteiger partial charge in [0.1, 0.15) is 0 Å². The summed E-state index contributed by atoms with van der Waals surface area (Å²) in [5.74, 6) is -2.61. The van der Waals surface area contributed by atoms with Crippen LogP contribution in [0.4, 0.5) is 0 Å². The van der Waals surface area contributed by atoms with Gasteiger partial charge in [0.05, 0.1) is 32.3 Å². The van der Waals surface area contributed by atoms with Gasteiger partial charge in [-0.3, -0.25) is 0 Å². The lowest BCUT2D eigenvalue weighted by molar-refractivity contribution is -0.172. The average Bonchev–Trinajstić information content (AvgIpc) is 2.59. The third kappa shape index (κ3) is 4.79. The molecule has 0 heterocycles. The van der Waals surface area contributed by atoms with Gasteiger partial charge in [0.2, 0.25) is 0 Å². The van der Waals surface area contributed by atoms with E-state index in [4.69, 9.17) is 18.9 Å². The van der Waals surface area contributed by atoms with Crippen molar-refractivity contribution in [2.24, 2.45) is 5.92 Å². The Balaban J connectivity index is 2.50. The molecule has 1 atom stereocenters. The summed E-state index contributed by atoms with van der Waals surface area (Å²) in [5, 5.41) is 21.1. The Morgan fingerprint density at radius 1 is 0.846 bits per heavy atom. The molecule has 26 heavy (non-hydrogen) atoms. The smallest absolute Gasteiger partial charge is 0.197 e. The Bertz CT molecular complexity index is 638. The molecule has 0 spiro atoms. The minimum Gasteiger partial charge on any atom is -0.384 e. The summed E-state index contributed by atoms with van der Waals surface area (Å²) in [6.07, 6.45) is 3.59. The summed E-state index contributed by atoms with van der Waals surface area (Å²) >= 11 is 0. The van der Waals surface area contributed by atoms with Crippen LogP contribution in [-0.2, 0) is 32.2 Å². The zero-order chi connectivity index (χ0) is 19.2. The van der Waals surface area contributed by atoms with Crippen molar-refractivity contribution in [1.82, 2.24) is 0 Å². The average molecular weight is 364 g/mol. The fraction of sp³-hybridized carbons (Fsp3) is 0.500. The Labute approximate surface area is 154 Å². The monoisotopic (exact) mass is 364 g/mol. The molecule has 2 rings (SSSR count). The van der Waals surface area contributed by atoms with Crippen LogP contribution in [0.15, 0.2) is 35.9 Å². The van der Waals surface area contributed by atoms with Crippen molar-refractivity contribution in [2.45, 2.75) is 19.0 Å². The third-order valence-electron chi connectivity index (χ3n) is 4.35. The first-order chi connectivity index (χ1) is 12.5. The highest BCUT2D eigenvalue weighted by Gasteiger charge is 2.40. The summed E-state index contributed by atoms with van der Waals surface area (Å²) in [6.45, 7) is 1.27. The van der Waals surface area contributed by atoms with Gasteiger partial charge >= 0.3 is 0 Å². The third-order valence-corrected chi connectivity index (χ3v) is 4.35. The van der Waals surface area contributed by atoms with Crippen LogP contribution >= 0.6 is 0 Å². The molecule has 1 aliphatic carbocycles. The molecule has 0 amide bonds. The van der Waals surface area contributed by atoms with Crippen molar-refractivity contribution in [1.29, 1.82) is 0 Å². The predicted octanol–water partition coefficient (Wildman–Crippen LogP) is 1.89. The lowest BCUT2D eigenvalue weighted by Gasteiger charge is -2.35. The van der Waals surface area contributed by atoms with E-state index in [1.165, 1.54) is 14.2 Å². The van der Waals surface area contributed by atoms with Crippen molar-refractivity contribution in [3.63, 3.8) is 0 Å². The summed E-state index contributed by atoms with van der Waals surface area (Å²) in [5.41, 5.74) is 4.27. The Morgan fingerprint density at radius 2 is 1.42 bits per heavy atom. The standard InChI is InChI=1S/C20H28O6/c1-23-10-14-5-15(11-24-2)7-16(6-14)17-8-18(12-25-3)20(21,22)19(9-17)13-26-4/h5-9,18,21-22H,10-13H2,1-4H3. The maximum Gasteiger partial charge on any atom is 0.197 e. The molecule has 0 bridgehead atoms. The van der Waals surface area contributed by atoms with Gasteiger partial charge < -0.3 is 29.2 Å². The van der Waals surface area contributed by atoms with Crippen molar-refractivity contribution in [2.75, 3.05) is 41.7 Å². The molecular weight excluding hydrogens is 336 g/mol. The number of hydrogen-bond acceptors (Lipinski definition) is 6. The van der Waals surface area contributed by atoms with Gasteiger partial charge in [-0.15, -0.1) is 0 Å². The van der Waals surface area contributed by atoms with Gasteiger partial charge in [-0.05, 0) is 40.5 Å². The predicted molar refractivity (Wildman–Crippen MR) is 98.3 cm³/mol. The van der Waals surface area contributed by atoms with E-state index in [0.717, 1.165) is 22.3 Å². The number of rotatable bonds is 9. The summed E-state index contributed by atoms with van der Waals surface area (Å²) in [6, 6.07) is 6.09. The molecule has 1 aliphatic rings. The van der Waals surface area contributed by atoms with Crippen LogP contribution in [0.1, 0.15) is 16.7 Å². The number of hydrogen-bond donors (Lipinski definition) is 2. The molecule has 1 aromatic rings. The SMILES string of the molecule is COCC1=CC(c2cc(COC)cc(COC)c2)=CC(COC)C1(O)O. The van der Waals surface area contributed by atoms with Crippen molar-refractivity contribution >= 4 is 5.57 Å². The Kier molecular flexibility index (Phi) is 7.52. The fourth-order valence-corrected chi connectivity index (χ4v) is 3.17. The number of allylic oxidation sites excluding steroid dienone is 2. The second-order valence-corrected chi connectivity index (χ2v) is 6.42. The summed E-state index contributed by atoms with van der Waals surface area (Å²) in [4.78, 5) is 0. The van der Waals surface area contributed by atoms with Gasteiger partial charge in [-0.2, -0.15) is 0 Å². The van der Waals surface area contributed by atoms with E-state index in [9.17, 15) is 10.2 Å². The molecule has 6 nitrogen and oxygen atoms in total. The number of methoxy groups -OCH3 is 4. The molecule has 0 saturated carbocycles. The van der Waals surface area contributed by atoms with Crippen molar-refractivity contribution in [3.8, 4) is 0 Å². The van der Waals surface area contributed by atoms with E-state index in [2.05, 4.69) is 0 Å². The van der Waals surface area contributed by atoms with E-state index in [1.807, 2.05) is 24.3 Å². The largest absolute Gasteiger partial charge is 0.384 e. The first-order valence-corrected chi connectivity index (χ1v) is 8.42. The molecule has 144 valence electrons. The second kappa shape index (κ2) is 9.41. The first-order valence-electron chi connectivity index (χ1n) is 8.42. The summed E-state index contributed by atoms with van der Waals surface area (Å²) in [7, 11) is 6.36. The first kappa shape index (κ1) is 20.8. The molecular formula is C20H28O6. The van der Waals surface area contributed by atoms with Crippen LogP contribution in [-0.4, -0.2) is 57.7 Å². The van der Waals surface area contributed by atoms with Crippen LogP contribution in [0.2, 0.25) is 0 Å². The van der Waals surface area contributed by atoms with E-state index in [0.29, 0.717) is 18.8 Å². The molecule has 0 radical (unpaired) electrons. The topological polar surface area (TPSA) is 77.4 Å². The molecule has 1 aromatic carbocycles. The highest BCUT2D eigenvalue weighted by molar-refractivity contribution is 5.77. The minimum absolute atomic E-state index is 0.118. The molecule has 1 unspecified atom stereocenters. The van der Waals surface area contributed by atoms with Crippen LogP contribution in [0, 0.1) is 5.92 Å². The minimum atomic E-state index is -2.00. The number of ether oxygens (including phenoxy) is 4. The zero-order valence-electron chi connectivity index (χ0n) is 15.8. The Hall–Kier alpha value is -1.54. The molecule has 0 aliphatic heterocycles. The maximum absolute atomic E-state index is 10.5. The molecule has 0 saturated heterocycles. The lowest BCUT2D eigenvalue weighted by Crippen LogP contribution is -2.44. The van der Waals surface area contributed by atoms with E-state index in [-0.39, 0.29) is 13.2 Å². The van der Waals surface area contributed by atoms with Crippen molar-refractivity contribution in [3.05, 3.63) is 52.6 Å². The molecule has 2 N–H and O–H groups in total. The normalized spacial score (nSPS) is 19.2. The Morgan fingerprint density at radius 3 is 1.92 bits per heavy atom. The molecule has 0 fully saturated rings. The second-order valence-electron chi connectivity index (χ2n) is 6.42. The molecule has 6 heteroatoms.